The lowest BCUT2D eigenvalue weighted by Gasteiger charge is -2.29. The molecule has 0 spiro atoms. The summed E-state index contributed by atoms with van der Waals surface area (Å²) in [5, 5.41) is 16.9. The SMILES string of the molecule is CCOC(=O)C1=C(C)NC(SCC(=O)Nc2ccccc2)=C(C#N)[C@@H]1c1ccccc1Cl. The number of thioether (sulfide) groups is 1. The fourth-order valence-electron chi connectivity index (χ4n) is 3.38. The van der Waals surface area contributed by atoms with E-state index in [2.05, 4.69) is 16.7 Å². The van der Waals surface area contributed by atoms with Gasteiger partial charge in [-0.25, -0.2) is 4.79 Å². The van der Waals surface area contributed by atoms with Crippen molar-refractivity contribution in [2.24, 2.45) is 0 Å². The fourth-order valence-corrected chi connectivity index (χ4v) is 4.52. The molecule has 0 fully saturated rings. The molecule has 2 aromatic carbocycles. The van der Waals surface area contributed by atoms with Crippen LogP contribution in [0.25, 0.3) is 0 Å². The zero-order valence-corrected chi connectivity index (χ0v) is 19.2. The lowest BCUT2D eigenvalue weighted by Crippen LogP contribution is -2.29. The van der Waals surface area contributed by atoms with Gasteiger partial charge in [0.25, 0.3) is 0 Å². The molecule has 6 nitrogen and oxygen atoms in total. The summed E-state index contributed by atoms with van der Waals surface area (Å²) in [4.78, 5) is 25.2. The van der Waals surface area contributed by atoms with Crippen LogP contribution in [0, 0.1) is 11.3 Å². The van der Waals surface area contributed by atoms with E-state index in [0.717, 1.165) is 0 Å². The third-order valence-electron chi connectivity index (χ3n) is 4.76. The summed E-state index contributed by atoms with van der Waals surface area (Å²) in [6.45, 7) is 3.68. The number of amides is 1. The minimum Gasteiger partial charge on any atom is -0.463 e. The van der Waals surface area contributed by atoms with Crippen LogP contribution in [0.15, 0.2) is 76.5 Å². The third kappa shape index (κ3) is 5.34. The number of hydrogen-bond donors (Lipinski definition) is 2. The molecule has 1 aliphatic rings. The van der Waals surface area contributed by atoms with Gasteiger partial charge in [0.2, 0.25) is 5.91 Å². The number of hydrogen-bond acceptors (Lipinski definition) is 6. The lowest BCUT2D eigenvalue weighted by molar-refractivity contribution is -0.138. The molecule has 3 rings (SSSR count). The molecule has 2 N–H and O–H groups in total. The van der Waals surface area contributed by atoms with Crippen molar-refractivity contribution in [1.29, 1.82) is 5.26 Å². The smallest absolute Gasteiger partial charge is 0.336 e. The van der Waals surface area contributed by atoms with Gasteiger partial charge in [0.1, 0.15) is 0 Å². The highest BCUT2D eigenvalue weighted by Gasteiger charge is 2.36. The van der Waals surface area contributed by atoms with Gasteiger partial charge in [0.15, 0.2) is 0 Å². The van der Waals surface area contributed by atoms with Crippen LogP contribution in [0.4, 0.5) is 5.69 Å². The number of nitriles is 1. The highest BCUT2D eigenvalue weighted by molar-refractivity contribution is 8.03. The molecule has 0 bridgehead atoms. The number of dihydropyridines is 1. The van der Waals surface area contributed by atoms with Crippen molar-refractivity contribution in [3.8, 4) is 6.07 Å². The van der Waals surface area contributed by atoms with Gasteiger partial charge in [-0.15, -0.1) is 0 Å². The third-order valence-corrected chi connectivity index (χ3v) is 6.13. The highest BCUT2D eigenvalue weighted by Crippen LogP contribution is 2.43. The molecule has 2 aromatic rings. The van der Waals surface area contributed by atoms with Gasteiger partial charge in [-0.05, 0) is 37.6 Å². The second-order valence-electron chi connectivity index (χ2n) is 6.90. The first-order valence-electron chi connectivity index (χ1n) is 9.97. The second kappa shape index (κ2) is 10.9. The second-order valence-corrected chi connectivity index (χ2v) is 8.29. The molecule has 1 aliphatic heterocycles. The predicted molar refractivity (Wildman–Crippen MR) is 127 cm³/mol. The fraction of sp³-hybridized carbons (Fsp3) is 0.208. The number of allylic oxidation sites excluding steroid dienone is 2. The Morgan fingerprint density at radius 3 is 2.53 bits per heavy atom. The van der Waals surface area contributed by atoms with Crippen LogP contribution in [0.3, 0.4) is 0 Å². The van der Waals surface area contributed by atoms with Gasteiger partial charge >= 0.3 is 5.97 Å². The van der Waals surface area contributed by atoms with Crippen LogP contribution >= 0.6 is 23.4 Å². The van der Waals surface area contributed by atoms with E-state index in [1.165, 1.54) is 11.8 Å². The van der Waals surface area contributed by atoms with E-state index >= 15 is 0 Å². The van der Waals surface area contributed by atoms with Crippen molar-refractivity contribution in [3.05, 3.63) is 87.1 Å². The first-order valence-corrected chi connectivity index (χ1v) is 11.3. The summed E-state index contributed by atoms with van der Waals surface area (Å²) >= 11 is 7.64. The molecule has 32 heavy (non-hydrogen) atoms. The molecule has 8 heteroatoms. The number of ether oxygens (including phenoxy) is 1. The van der Waals surface area contributed by atoms with Crippen LogP contribution in [-0.2, 0) is 14.3 Å². The number of benzene rings is 2. The van der Waals surface area contributed by atoms with E-state index in [0.29, 0.717) is 38.1 Å². The summed E-state index contributed by atoms with van der Waals surface area (Å²) < 4.78 is 5.25. The molecule has 0 saturated heterocycles. The van der Waals surface area contributed by atoms with Crippen molar-refractivity contribution in [2.75, 3.05) is 17.7 Å². The largest absolute Gasteiger partial charge is 0.463 e. The molecule has 1 atom stereocenters. The number of carbonyl (C=O) groups excluding carboxylic acids is 2. The molecular weight excluding hydrogens is 446 g/mol. The first-order chi connectivity index (χ1) is 15.5. The van der Waals surface area contributed by atoms with Crippen molar-refractivity contribution >= 4 is 40.9 Å². The predicted octanol–water partition coefficient (Wildman–Crippen LogP) is 4.97. The number of rotatable bonds is 7. The van der Waals surface area contributed by atoms with Crippen LogP contribution in [0.2, 0.25) is 5.02 Å². The van der Waals surface area contributed by atoms with Crippen LogP contribution in [-0.4, -0.2) is 24.2 Å². The van der Waals surface area contributed by atoms with Gasteiger partial charge in [-0.1, -0.05) is 59.8 Å². The van der Waals surface area contributed by atoms with Gasteiger partial charge < -0.3 is 15.4 Å². The minimum atomic E-state index is -0.700. The highest BCUT2D eigenvalue weighted by atomic mass is 35.5. The Balaban J connectivity index is 1.93. The number of para-hydroxylation sites is 1. The maximum atomic E-state index is 12.8. The Kier molecular flexibility index (Phi) is 7.98. The summed E-state index contributed by atoms with van der Waals surface area (Å²) in [7, 11) is 0. The Morgan fingerprint density at radius 1 is 1.19 bits per heavy atom. The summed E-state index contributed by atoms with van der Waals surface area (Å²) in [5.41, 5.74) is 2.51. The quantitative estimate of drug-likeness (QED) is 0.558. The van der Waals surface area contributed by atoms with Crippen LogP contribution < -0.4 is 10.6 Å². The summed E-state index contributed by atoms with van der Waals surface area (Å²) in [6, 6.07) is 18.4. The Bertz CT molecular complexity index is 1120. The zero-order valence-electron chi connectivity index (χ0n) is 17.6. The molecule has 1 heterocycles. The van der Waals surface area contributed by atoms with E-state index in [1.54, 1.807) is 50.2 Å². The number of anilines is 1. The normalized spacial score (nSPS) is 15.6. The molecule has 0 saturated carbocycles. The number of esters is 1. The molecule has 0 aliphatic carbocycles. The lowest BCUT2D eigenvalue weighted by atomic mass is 9.82. The number of nitrogens with zero attached hydrogens (tertiary/aromatic N) is 1. The van der Waals surface area contributed by atoms with Gasteiger partial charge in [-0.3, -0.25) is 4.79 Å². The Hall–Kier alpha value is -3.21. The van der Waals surface area contributed by atoms with Crippen molar-refractivity contribution < 1.29 is 14.3 Å². The van der Waals surface area contributed by atoms with Crippen molar-refractivity contribution in [2.45, 2.75) is 19.8 Å². The van der Waals surface area contributed by atoms with Crippen molar-refractivity contribution in [1.82, 2.24) is 5.32 Å². The molecule has 0 radical (unpaired) electrons. The number of carbonyl (C=O) groups is 2. The van der Waals surface area contributed by atoms with Gasteiger partial charge in [-0.2, -0.15) is 5.26 Å². The van der Waals surface area contributed by atoms with E-state index < -0.39 is 11.9 Å². The Morgan fingerprint density at radius 2 is 1.88 bits per heavy atom. The molecule has 1 amide bonds. The summed E-state index contributed by atoms with van der Waals surface area (Å²) in [5.74, 6) is -1.34. The first kappa shape index (κ1) is 23.5. The van der Waals surface area contributed by atoms with E-state index in [1.807, 2.05) is 18.2 Å². The zero-order chi connectivity index (χ0) is 23.1. The van der Waals surface area contributed by atoms with Crippen LogP contribution in [0.1, 0.15) is 25.3 Å². The molecule has 164 valence electrons. The maximum absolute atomic E-state index is 12.8. The van der Waals surface area contributed by atoms with Gasteiger partial charge in [0, 0.05) is 16.4 Å². The minimum absolute atomic E-state index is 0.0830. The summed E-state index contributed by atoms with van der Waals surface area (Å²) in [6.07, 6.45) is 0. The average molecular weight is 468 g/mol. The average Bonchev–Trinajstić information content (AvgIpc) is 2.78. The maximum Gasteiger partial charge on any atom is 0.336 e. The molecule has 0 unspecified atom stereocenters. The van der Waals surface area contributed by atoms with Crippen LogP contribution in [0.5, 0.6) is 0 Å². The monoisotopic (exact) mass is 467 g/mol. The Labute approximate surface area is 196 Å². The molecule has 0 aromatic heterocycles. The number of halogens is 1. The van der Waals surface area contributed by atoms with Crippen molar-refractivity contribution in [3.63, 3.8) is 0 Å². The van der Waals surface area contributed by atoms with E-state index in [-0.39, 0.29) is 18.3 Å². The number of nitrogens with one attached hydrogen (secondary N) is 2. The standard InChI is InChI=1S/C24H22ClN3O3S/c1-3-31-24(30)21-15(2)27-23(32-14-20(29)28-16-9-5-4-6-10-16)18(13-26)22(21)17-11-7-8-12-19(17)25/h4-12,22,27H,3,14H2,1-2H3,(H,28,29)/t22-/m0/s1. The van der Waals surface area contributed by atoms with E-state index in [9.17, 15) is 14.9 Å². The van der Waals surface area contributed by atoms with Gasteiger partial charge in [0.05, 0.1) is 40.5 Å². The molecular formula is C24H22ClN3O3S. The van der Waals surface area contributed by atoms with E-state index in [4.69, 9.17) is 16.3 Å². The topological polar surface area (TPSA) is 91.2 Å².